The van der Waals surface area contributed by atoms with Gasteiger partial charge < -0.3 is 4.90 Å². The number of rotatable bonds is 4. The Balaban J connectivity index is 2.74. The Hall–Kier alpha value is -1.39. The van der Waals surface area contributed by atoms with E-state index in [9.17, 15) is 9.59 Å². The molecule has 0 unspecified atom stereocenters. The first-order chi connectivity index (χ1) is 7.91. The van der Waals surface area contributed by atoms with Crippen LogP contribution in [0.25, 0.3) is 0 Å². The standard InChI is InChI=1S/C12H21N3O2/c1-8(2)7-15(9(3)4)12(17)10-5-6-11(16)14-13-10/h8-9H,5-7H2,1-4H3,(H,14,16). The van der Waals surface area contributed by atoms with Crippen molar-refractivity contribution in [3.05, 3.63) is 0 Å². The van der Waals surface area contributed by atoms with Gasteiger partial charge in [-0.1, -0.05) is 13.8 Å². The second-order valence-electron chi connectivity index (χ2n) is 5.04. The number of hydrogen-bond donors (Lipinski definition) is 1. The van der Waals surface area contributed by atoms with Gasteiger partial charge in [0.1, 0.15) is 5.71 Å². The van der Waals surface area contributed by atoms with Gasteiger partial charge in [0, 0.05) is 25.4 Å². The number of nitrogens with zero attached hydrogens (tertiary/aromatic N) is 2. The Bertz CT molecular complexity index is 335. The molecule has 0 spiro atoms. The second kappa shape index (κ2) is 5.80. The molecule has 0 radical (unpaired) electrons. The van der Waals surface area contributed by atoms with E-state index in [4.69, 9.17) is 0 Å². The number of carbonyl (C=O) groups is 2. The van der Waals surface area contributed by atoms with Gasteiger partial charge in [0.05, 0.1) is 0 Å². The molecule has 17 heavy (non-hydrogen) atoms. The van der Waals surface area contributed by atoms with Gasteiger partial charge >= 0.3 is 0 Å². The number of carbonyl (C=O) groups excluding carboxylic acids is 2. The van der Waals surface area contributed by atoms with Gasteiger partial charge in [-0.25, -0.2) is 5.43 Å². The lowest BCUT2D eigenvalue weighted by atomic mass is 10.1. The monoisotopic (exact) mass is 239 g/mol. The maximum atomic E-state index is 12.2. The summed E-state index contributed by atoms with van der Waals surface area (Å²) in [7, 11) is 0. The molecule has 0 aromatic heterocycles. The van der Waals surface area contributed by atoms with E-state index < -0.39 is 0 Å². The number of nitrogens with one attached hydrogen (secondary N) is 1. The van der Waals surface area contributed by atoms with Crippen molar-refractivity contribution < 1.29 is 9.59 Å². The molecule has 0 aromatic rings. The summed E-state index contributed by atoms with van der Waals surface area (Å²) in [6.07, 6.45) is 0.782. The van der Waals surface area contributed by atoms with E-state index >= 15 is 0 Å². The SMILES string of the molecule is CC(C)CN(C(=O)C1=NNC(=O)CC1)C(C)C. The van der Waals surface area contributed by atoms with E-state index in [1.165, 1.54) is 0 Å². The first-order valence-electron chi connectivity index (χ1n) is 6.08. The summed E-state index contributed by atoms with van der Waals surface area (Å²) in [6, 6.07) is 0.144. The van der Waals surface area contributed by atoms with Crippen molar-refractivity contribution >= 4 is 17.5 Å². The van der Waals surface area contributed by atoms with Gasteiger partial charge in [0.25, 0.3) is 5.91 Å². The van der Waals surface area contributed by atoms with Gasteiger partial charge in [0.15, 0.2) is 0 Å². The third-order valence-electron chi connectivity index (χ3n) is 2.60. The molecule has 1 aliphatic rings. The van der Waals surface area contributed by atoms with Crippen LogP contribution in [0, 0.1) is 5.92 Å². The quantitative estimate of drug-likeness (QED) is 0.799. The molecule has 2 amide bonds. The summed E-state index contributed by atoms with van der Waals surface area (Å²) in [5.74, 6) is 0.232. The molecular formula is C12H21N3O2. The molecule has 1 heterocycles. The average Bonchev–Trinajstić information content (AvgIpc) is 2.25. The molecule has 0 atom stereocenters. The highest BCUT2D eigenvalue weighted by atomic mass is 16.2. The molecule has 0 saturated carbocycles. The fourth-order valence-corrected chi connectivity index (χ4v) is 1.72. The van der Waals surface area contributed by atoms with Crippen LogP contribution in [0.4, 0.5) is 0 Å². The van der Waals surface area contributed by atoms with Crippen molar-refractivity contribution in [1.29, 1.82) is 0 Å². The van der Waals surface area contributed by atoms with Crippen LogP contribution in [0.2, 0.25) is 0 Å². The Morgan fingerprint density at radius 2 is 2.00 bits per heavy atom. The number of hydrazone groups is 1. The normalized spacial score (nSPS) is 15.9. The highest BCUT2D eigenvalue weighted by molar-refractivity contribution is 6.39. The van der Waals surface area contributed by atoms with E-state index in [-0.39, 0.29) is 17.9 Å². The van der Waals surface area contributed by atoms with Gasteiger partial charge in [-0.2, -0.15) is 5.10 Å². The van der Waals surface area contributed by atoms with Gasteiger partial charge in [0.2, 0.25) is 5.91 Å². The van der Waals surface area contributed by atoms with Crippen molar-refractivity contribution in [2.75, 3.05) is 6.54 Å². The summed E-state index contributed by atoms with van der Waals surface area (Å²) in [5, 5.41) is 3.85. The van der Waals surface area contributed by atoms with Crippen LogP contribution in [0.3, 0.4) is 0 Å². The molecule has 5 nitrogen and oxygen atoms in total. The van der Waals surface area contributed by atoms with E-state index in [1.54, 1.807) is 4.90 Å². The van der Waals surface area contributed by atoms with Crippen molar-refractivity contribution in [3.8, 4) is 0 Å². The zero-order valence-electron chi connectivity index (χ0n) is 11.0. The Morgan fingerprint density at radius 1 is 1.35 bits per heavy atom. The maximum Gasteiger partial charge on any atom is 0.270 e. The zero-order valence-corrected chi connectivity index (χ0v) is 11.0. The van der Waals surface area contributed by atoms with Gasteiger partial charge in [-0.3, -0.25) is 9.59 Å². The minimum Gasteiger partial charge on any atom is -0.335 e. The highest BCUT2D eigenvalue weighted by Crippen LogP contribution is 2.09. The molecule has 0 aromatic carbocycles. The fraction of sp³-hybridized carbons (Fsp3) is 0.750. The van der Waals surface area contributed by atoms with Crippen LogP contribution >= 0.6 is 0 Å². The van der Waals surface area contributed by atoms with E-state index in [0.717, 1.165) is 0 Å². The topological polar surface area (TPSA) is 61.8 Å². The van der Waals surface area contributed by atoms with Crippen molar-refractivity contribution in [1.82, 2.24) is 10.3 Å². The lowest BCUT2D eigenvalue weighted by molar-refractivity contribution is -0.126. The second-order valence-corrected chi connectivity index (χ2v) is 5.04. The van der Waals surface area contributed by atoms with E-state index in [0.29, 0.717) is 31.0 Å². The molecular weight excluding hydrogens is 218 g/mol. The Morgan fingerprint density at radius 3 is 2.41 bits per heavy atom. The average molecular weight is 239 g/mol. The van der Waals surface area contributed by atoms with Crippen LogP contribution < -0.4 is 5.43 Å². The molecule has 5 heteroatoms. The first-order valence-corrected chi connectivity index (χ1v) is 6.08. The largest absolute Gasteiger partial charge is 0.335 e. The minimum absolute atomic E-state index is 0.0614. The molecule has 1 aliphatic heterocycles. The smallest absolute Gasteiger partial charge is 0.270 e. The van der Waals surface area contributed by atoms with Crippen molar-refractivity contribution in [2.45, 2.75) is 46.6 Å². The maximum absolute atomic E-state index is 12.2. The molecule has 0 fully saturated rings. The molecule has 0 bridgehead atoms. The van der Waals surface area contributed by atoms with E-state index in [2.05, 4.69) is 24.4 Å². The molecule has 0 aliphatic carbocycles. The van der Waals surface area contributed by atoms with Crippen molar-refractivity contribution in [3.63, 3.8) is 0 Å². The van der Waals surface area contributed by atoms with Crippen LogP contribution in [0.5, 0.6) is 0 Å². The lowest BCUT2D eigenvalue weighted by Gasteiger charge is -2.29. The third kappa shape index (κ3) is 3.84. The summed E-state index contributed by atoms with van der Waals surface area (Å²) >= 11 is 0. The predicted octanol–water partition coefficient (Wildman–Crippen LogP) is 1.15. The molecule has 1 N–H and O–H groups in total. The van der Waals surface area contributed by atoms with E-state index in [1.807, 2.05) is 13.8 Å². The molecule has 96 valence electrons. The van der Waals surface area contributed by atoms with Crippen LogP contribution in [-0.4, -0.2) is 35.0 Å². The Labute approximate surface area is 102 Å². The van der Waals surface area contributed by atoms with Gasteiger partial charge in [-0.05, 0) is 19.8 Å². The van der Waals surface area contributed by atoms with Crippen molar-refractivity contribution in [2.24, 2.45) is 11.0 Å². The number of amides is 2. The summed E-state index contributed by atoms with van der Waals surface area (Å²) in [4.78, 5) is 25.0. The van der Waals surface area contributed by atoms with Crippen LogP contribution in [-0.2, 0) is 9.59 Å². The summed E-state index contributed by atoms with van der Waals surface area (Å²) in [6.45, 7) is 8.84. The highest BCUT2D eigenvalue weighted by Gasteiger charge is 2.25. The first kappa shape index (κ1) is 13.7. The fourth-order valence-electron chi connectivity index (χ4n) is 1.72. The number of hydrogen-bond acceptors (Lipinski definition) is 3. The zero-order chi connectivity index (χ0) is 13.0. The molecule has 0 saturated heterocycles. The van der Waals surface area contributed by atoms with Crippen LogP contribution in [0.1, 0.15) is 40.5 Å². The molecule has 1 rings (SSSR count). The predicted molar refractivity (Wildman–Crippen MR) is 66.5 cm³/mol. The lowest BCUT2D eigenvalue weighted by Crippen LogP contribution is -2.45. The minimum atomic E-state index is -0.124. The van der Waals surface area contributed by atoms with Crippen LogP contribution in [0.15, 0.2) is 5.10 Å². The summed E-state index contributed by atoms with van der Waals surface area (Å²) in [5.41, 5.74) is 2.82. The van der Waals surface area contributed by atoms with Gasteiger partial charge in [-0.15, -0.1) is 0 Å². The Kier molecular flexibility index (Phi) is 4.66. The third-order valence-corrected chi connectivity index (χ3v) is 2.60. The summed E-state index contributed by atoms with van der Waals surface area (Å²) < 4.78 is 0.